The van der Waals surface area contributed by atoms with Crippen molar-refractivity contribution < 1.29 is 62.4 Å². The number of hydrogen-bond acceptors (Lipinski definition) is 16. The summed E-state index contributed by atoms with van der Waals surface area (Å²) in [6.07, 6.45) is -6.40. The number of hydrogen-bond donors (Lipinski definition) is 10. The van der Waals surface area contributed by atoms with Crippen molar-refractivity contribution in [3.63, 3.8) is 0 Å². The summed E-state index contributed by atoms with van der Waals surface area (Å²) in [4.78, 5) is 99.4. The fourth-order valence-corrected chi connectivity index (χ4v) is 11.0. The number of nitrogens with zero attached hydrogens (tertiary/aromatic N) is 3. The molecule has 4 amide bonds. The third-order valence-electron chi connectivity index (χ3n) is 15.3. The minimum atomic E-state index is -2.85. The summed E-state index contributed by atoms with van der Waals surface area (Å²) in [7, 11) is -4.14. The first-order chi connectivity index (χ1) is 38.1. The van der Waals surface area contributed by atoms with Crippen molar-refractivity contribution >= 4 is 52.4 Å². The number of nitrogens with one attached hydrogen (secondary N) is 5. The highest BCUT2D eigenvalue weighted by Crippen LogP contribution is 2.46. The molecular formula is C56H98N10O15Si2. The van der Waals surface area contributed by atoms with Gasteiger partial charge in [-0.3, -0.25) is 33.3 Å². The largest absolute Gasteiger partial charge is 0.497 e. The molecule has 1 unspecified atom stereocenters. The van der Waals surface area contributed by atoms with Crippen LogP contribution in [0.15, 0.2) is 51.1 Å². The topological polar surface area (TPSA) is 361 Å². The zero-order valence-corrected chi connectivity index (χ0v) is 54.1. The lowest BCUT2D eigenvalue weighted by atomic mass is 9.98. The summed E-state index contributed by atoms with van der Waals surface area (Å²) in [5.74, 6) is -4.44. The second-order valence-corrected chi connectivity index (χ2v) is 35.5. The van der Waals surface area contributed by atoms with Gasteiger partial charge in [-0.2, -0.15) is 0 Å². The van der Waals surface area contributed by atoms with Gasteiger partial charge in [0.2, 0.25) is 11.8 Å². The minimum Gasteiger partial charge on any atom is -0.497 e. The second kappa shape index (κ2) is 29.9. The Hall–Kier alpha value is -5.69. The minimum absolute atomic E-state index is 0.0286. The molecule has 3 rings (SSSR count). The van der Waals surface area contributed by atoms with Crippen LogP contribution >= 0.6 is 0 Å². The number of amides is 4. The molecule has 0 spiro atoms. The van der Waals surface area contributed by atoms with Gasteiger partial charge in [-0.15, -0.1) is 0 Å². The summed E-state index contributed by atoms with van der Waals surface area (Å²) in [6, 6.07) is 1.57. The predicted molar refractivity (Wildman–Crippen MR) is 321 cm³/mol. The van der Waals surface area contributed by atoms with E-state index in [1.165, 1.54) is 23.9 Å². The molecule has 1 aliphatic rings. The fourth-order valence-electron chi connectivity index (χ4n) is 8.38. The Labute approximate surface area is 491 Å². The molecule has 1 aromatic carbocycles. The number of aromatic nitrogens is 2. The average molecular weight is 1210 g/mol. The summed E-state index contributed by atoms with van der Waals surface area (Å²) in [5, 5.41) is 46.3. The summed E-state index contributed by atoms with van der Waals surface area (Å²) >= 11 is 0. The highest BCUT2D eigenvalue weighted by Gasteiger charge is 2.58. The quantitative estimate of drug-likeness (QED) is 0.0184. The second-order valence-electron chi connectivity index (χ2n) is 26.0. The summed E-state index contributed by atoms with van der Waals surface area (Å²) in [5.41, 5.74) is 9.27. The lowest BCUT2D eigenvalue weighted by Gasteiger charge is -2.44. The Morgan fingerprint density at radius 3 is 1.84 bits per heavy atom. The number of methoxy groups -OCH3 is 1. The Bertz CT molecular complexity index is 2640. The van der Waals surface area contributed by atoms with Crippen molar-refractivity contribution in [2.24, 2.45) is 28.3 Å². The molecule has 1 aromatic heterocycles. The zero-order chi connectivity index (χ0) is 63.3. The normalized spacial score (nSPS) is 19.2. The molecule has 0 bridgehead atoms. The number of carbonyl (C=O) groups excluding carboxylic acids is 4. The molecule has 0 aliphatic carbocycles. The van der Waals surface area contributed by atoms with Gasteiger partial charge in [-0.25, -0.2) is 14.4 Å². The van der Waals surface area contributed by atoms with Crippen molar-refractivity contribution in [3.8, 4) is 5.75 Å². The van der Waals surface area contributed by atoms with E-state index in [1.807, 2.05) is 47.0 Å². The molecule has 1 saturated heterocycles. The maximum absolute atomic E-state index is 14.7. The molecular weight excluding hydrogens is 1110 g/mol. The number of carboxylic acid groups (broad SMARTS) is 1. The standard InChI is InChI=1S/C56H98N10O15Si2/c1-32(2)38(49(72)73)64-52(75)62-36(21-19-27-61-51(57)58)46(70)63-39(41(68)33(3)4)47(71)60-29-20-28-59-40(50(74)79-54(5,6)7)42(69)43-44(80-82(15,16)55(8,9)10)45(81-83(17,18)56(11,12)13)48(78-43)65-30-26-37(67)66(53(65)76)31-34-22-24-35(77-14)25-23-34/h22-26,30,32-33,36,38-45,48,59,68-69H,19-21,27-29,31H2,1-18H3,(H,60,71)(H,63,70)(H,72,73)(H4,57,58,61)(H2,62,64,75)/t36-,38-,39-,40-,41-,42+,43?,44+,45+,48+/m0/s1. The van der Waals surface area contributed by atoms with E-state index in [-0.39, 0.29) is 56.4 Å². The lowest BCUT2D eigenvalue weighted by molar-refractivity contribution is -0.166. The van der Waals surface area contributed by atoms with Crippen LogP contribution < -0.4 is 54.0 Å². The molecule has 83 heavy (non-hydrogen) atoms. The number of ether oxygens (including phenoxy) is 3. The van der Waals surface area contributed by atoms with E-state index in [2.05, 4.69) is 52.3 Å². The van der Waals surface area contributed by atoms with Crippen LogP contribution in [0.25, 0.3) is 0 Å². The third kappa shape index (κ3) is 20.5. The van der Waals surface area contributed by atoms with Crippen molar-refractivity contribution in [2.75, 3.05) is 26.7 Å². The Morgan fingerprint density at radius 2 is 1.34 bits per heavy atom. The molecule has 1 aliphatic heterocycles. The van der Waals surface area contributed by atoms with Crippen LogP contribution in [0, 0.1) is 11.8 Å². The van der Waals surface area contributed by atoms with Gasteiger partial charge in [0, 0.05) is 25.4 Å². The Balaban J connectivity index is 2.06. The van der Waals surface area contributed by atoms with Crippen LogP contribution in [0.5, 0.6) is 5.75 Å². The van der Waals surface area contributed by atoms with Gasteiger partial charge in [0.25, 0.3) is 5.56 Å². The Kier molecular flexibility index (Phi) is 25.8. The summed E-state index contributed by atoms with van der Waals surface area (Å²) in [6.45, 7) is 31.8. The van der Waals surface area contributed by atoms with E-state index in [0.717, 1.165) is 4.57 Å². The number of rotatable bonds is 29. The number of nitrogens with two attached hydrogens (primary N) is 2. The number of urea groups is 1. The fraction of sp³-hybridized carbons (Fsp3) is 0.714. The van der Waals surface area contributed by atoms with Crippen LogP contribution in [0.3, 0.4) is 0 Å². The molecule has 0 radical (unpaired) electrons. The summed E-state index contributed by atoms with van der Waals surface area (Å²) < 4.78 is 34.9. The zero-order valence-electron chi connectivity index (χ0n) is 52.1. The molecule has 470 valence electrons. The molecule has 0 saturated carbocycles. The smallest absolute Gasteiger partial charge is 0.333 e. The van der Waals surface area contributed by atoms with E-state index in [0.29, 0.717) is 11.3 Å². The highest BCUT2D eigenvalue weighted by atomic mass is 28.4. The number of benzene rings is 1. The van der Waals surface area contributed by atoms with Crippen LogP contribution in [0.2, 0.25) is 36.3 Å². The number of aliphatic hydroxyl groups is 2. The van der Waals surface area contributed by atoms with Gasteiger partial charge in [0.1, 0.15) is 59.9 Å². The highest BCUT2D eigenvalue weighted by molar-refractivity contribution is 6.74. The van der Waals surface area contributed by atoms with Crippen molar-refractivity contribution in [3.05, 3.63) is 62.9 Å². The molecule has 2 aromatic rings. The van der Waals surface area contributed by atoms with Crippen LogP contribution in [-0.2, 0) is 44.0 Å². The van der Waals surface area contributed by atoms with Crippen molar-refractivity contribution in [1.82, 2.24) is 35.7 Å². The predicted octanol–water partition coefficient (Wildman–Crippen LogP) is 3.24. The monoisotopic (exact) mass is 1210 g/mol. The van der Waals surface area contributed by atoms with Crippen molar-refractivity contribution in [2.45, 2.75) is 219 Å². The third-order valence-corrected chi connectivity index (χ3v) is 24.3. The molecule has 27 heteroatoms. The van der Waals surface area contributed by atoms with Crippen molar-refractivity contribution in [1.29, 1.82) is 0 Å². The van der Waals surface area contributed by atoms with Gasteiger partial charge in [-0.1, -0.05) is 81.4 Å². The van der Waals surface area contributed by atoms with Gasteiger partial charge >= 0.3 is 23.7 Å². The molecule has 12 N–H and O–H groups in total. The number of aliphatic hydroxyl groups excluding tert-OH is 2. The van der Waals surface area contributed by atoms with E-state index in [1.54, 1.807) is 72.7 Å². The van der Waals surface area contributed by atoms with E-state index in [4.69, 9.17) is 34.5 Å². The average Bonchev–Trinajstić information content (AvgIpc) is 3.18. The van der Waals surface area contributed by atoms with Crippen LogP contribution in [0.1, 0.15) is 121 Å². The lowest BCUT2D eigenvalue weighted by Crippen LogP contribution is -2.60. The van der Waals surface area contributed by atoms with Gasteiger partial charge in [-0.05, 0) is 112 Å². The number of carbonyl (C=O) groups is 5. The maximum atomic E-state index is 14.7. The maximum Gasteiger partial charge on any atom is 0.333 e. The number of aliphatic imine (C=N–C) groups is 1. The molecule has 25 nitrogen and oxygen atoms in total. The first kappa shape index (κ1) is 71.6. The Morgan fingerprint density at radius 1 is 0.759 bits per heavy atom. The molecule has 2 heterocycles. The number of carboxylic acids is 1. The van der Waals surface area contributed by atoms with Gasteiger partial charge < -0.3 is 76.4 Å². The first-order valence-corrected chi connectivity index (χ1v) is 34.2. The number of guanidine groups is 1. The SMILES string of the molecule is COc1ccc(Cn2c(=O)ccn([C@@H]3OC([C@H](O)[C@H](NCCCNC(=O)[C@@H](NC(=O)[C@H](CCCN=C(N)N)NC(=O)N[C@H](C(=O)O)C(C)C)[C@@H](O)C(C)C)C(=O)OC(C)(C)C)[C@@H](O[Si](C)(C)C(C)(C)C)[C@H]3O[Si](C)(C)C(C)(C)C)c2=O)cc1. The number of esters is 1. The van der Waals surface area contributed by atoms with E-state index in [9.17, 15) is 48.9 Å². The molecule has 10 atom stereocenters. The van der Waals surface area contributed by atoms with Gasteiger partial charge in [0.05, 0.1) is 19.8 Å². The molecule has 1 fully saturated rings. The van der Waals surface area contributed by atoms with Gasteiger partial charge in [0.15, 0.2) is 28.8 Å². The van der Waals surface area contributed by atoms with Crippen LogP contribution in [0.4, 0.5) is 4.79 Å². The van der Waals surface area contributed by atoms with E-state index < -0.39 is 141 Å². The number of aliphatic carboxylic acids is 1. The van der Waals surface area contributed by atoms with E-state index >= 15 is 0 Å². The first-order valence-electron chi connectivity index (χ1n) is 28.4. The van der Waals surface area contributed by atoms with Crippen LogP contribution in [-0.4, -0.2) is 164 Å².